The van der Waals surface area contributed by atoms with Gasteiger partial charge in [-0.2, -0.15) is 0 Å². The van der Waals surface area contributed by atoms with Crippen molar-refractivity contribution in [3.05, 3.63) is 95.6 Å². The molecule has 1 aliphatic carbocycles. The number of nitrogens with one attached hydrogen (secondary N) is 1. The summed E-state index contributed by atoms with van der Waals surface area (Å²) in [6, 6.07) is 23.9. The van der Waals surface area contributed by atoms with E-state index in [9.17, 15) is 14.7 Å². The lowest BCUT2D eigenvalue weighted by Crippen LogP contribution is -2.41. The topological polar surface area (TPSA) is 84.9 Å². The van der Waals surface area contributed by atoms with Crippen LogP contribution in [0.1, 0.15) is 28.7 Å². The van der Waals surface area contributed by atoms with Crippen LogP contribution in [-0.4, -0.2) is 37.0 Å². The van der Waals surface area contributed by atoms with E-state index >= 15 is 0 Å². The van der Waals surface area contributed by atoms with Crippen LogP contribution in [0.4, 0.5) is 4.79 Å². The second kappa shape index (κ2) is 9.02. The molecule has 2 N–H and O–H groups in total. The summed E-state index contributed by atoms with van der Waals surface area (Å²) in [6.45, 7) is 0.135. The second-order valence-corrected chi connectivity index (χ2v) is 7.33. The number of alkyl carbamates (subject to hydrolysis) is 1. The van der Waals surface area contributed by atoms with Crippen molar-refractivity contribution in [1.82, 2.24) is 5.32 Å². The van der Waals surface area contributed by atoms with Crippen LogP contribution in [0.5, 0.6) is 0 Å². The highest BCUT2D eigenvalue weighted by Crippen LogP contribution is 2.44. The van der Waals surface area contributed by atoms with Gasteiger partial charge in [-0.25, -0.2) is 9.59 Å². The number of hydrogen-bond acceptors (Lipinski definition) is 5. The Morgan fingerprint density at radius 3 is 2.03 bits per heavy atom. The molecule has 6 nitrogen and oxygen atoms in total. The van der Waals surface area contributed by atoms with Crippen LogP contribution in [0, 0.1) is 0 Å². The van der Waals surface area contributed by atoms with Gasteiger partial charge in [0.2, 0.25) is 0 Å². The van der Waals surface area contributed by atoms with Crippen LogP contribution in [0.15, 0.2) is 78.9 Å². The van der Waals surface area contributed by atoms with Gasteiger partial charge < -0.3 is 19.9 Å². The van der Waals surface area contributed by atoms with E-state index in [0.717, 1.165) is 22.3 Å². The van der Waals surface area contributed by atoms with Gasteiger partial charge in [0, 0.05) is 5.92 Å². The molecule has 158 valence electrons. The lowest BCUT2D eigenvalue weighted by atomic mass is 9.98. The van der Waals surface area contributed by atoms with Gasteiger partial charge in [0.25, 0.3) is 0 Å². The molecule has 0 saturated carbocycles. The molecule has 0 bridgehead atoms. The average Bonchev–Trinajstić information content (AvgIpc) is 3.14. The Balaban J connectivity index is 1.50. The van der Waals surface area contributed by atoms with Gasteiger partial charge in [-0.1, -0.05) is 78.9 Å². The fourth-order valence-corrected chi connectivity index (χ4v) is 4.03. The lowest BCUT2D eigenvalue weighted by molar-refractivity contribution is -0.152. The van der Waals surface area contributed by atoms with E-state index in [1.165, 1.54) is 7.11 Å². The molecule has 1 aliphatic rings. The van der Waals surface area contributed by atoms with Crippen molar-refractivity contribution >= 4 is 12.1 Å². The van der Waals surface area contributed by atoms with Crippen molar-refractivity contribution < 1.29 is 24.2 Å². The molecule has 1 amide bonds. The number of rotatable bonds is 6. The smallest absolute Gasteiger partial charge is 0.407 e. The molecular weight excluding hydrogens is 394 g/mol. The van der Waals surface area contributed by atoms with Crippen LogP contribution < -0.4 is 5.32 Å². The largest absolute Gasteiger partial charge is 0.467 e. The number of carbonyl (C=O) groups excluding carboxylic acids is 2. The highest BCUT2D eigenvalue weighted by molar-refractivity contribution is 5.79. The van der Waals surface area contributed by atoms with E-state index in [4.69, 9.17) is 4.74 Å². The lowest BCUT2D eigenvalue weighted by Gasteiger charge is -2.23. The van der Waals surface area contributed by atoms with Gasteiger partial charge >= 0.3 is 12.1 Å². The van der Waals surface area contributed by atoms with Crippen molar-refractivity contribution in [1.29, 1.82) is 0 Å². The van der Waals surface area contributed by atoms with Crippen molar-refractivity contribution in [3.8, 4) is 11.1 Å². The molecule has 0 aliphatic heterocycles. The Bertz CT molecular complexity index is 1040. The van der Waals surface area contributed by atoms with E-state index in [-0.39, 0.29) is 12.5 Å². The number of ether oxygens (including phenoxy) is 2. The van der Waals surface area contributed by atoms with Crippen molar-refractivity contribution in [3.63, 3.8) is 0 Å². The SMILES string of the molecule is COC(=O)[C@@H](O)[C@H](NC(=O)OCC1c2ccccc2-c2ccccc21)c1ccccc1. The number of benzene rings is 3. The van der Waals surface area contributed by atoms with Gasteiger partial charge in [0.15, 0.2) is 6.10 Å². The molecule has 2 atom stereocenters. The van der Waals surface area contributed by atoms with Crippen LogP contribution in [0.2, 0.25) is 0 Å². The normalized spacial score (nSPS) is 14.1. The van der Waals surface area contributed by atoms with Gasteiger partial charge in [-0.05, 0) is 27.8 Å². The molecule has 0 radical (unpaired) electrons. The molecule has 3 aromatic carbocycles. The number of amides is 1. The predicted molar refractivity (Wildman–Crippen MR) is 115 cm³/mol. The number of methoxy groups -OCH3 is 1. The molecule has 0 unspecified atom stereocenters. The van der Waals surface area contributed by atoms with Crippen molar-refractivity contribution in [2.75, 3.05) is 13.7 Å². The van der Waals surface area contributed by atoms with Gasteiger partial charge in [0.1, 0.15) is 6.61 Å². The Labute approximate surface area is 180 Å². The fraction of sp³-hybridized carbons (Fsp3) is 0.200. The highest BCUT2D eigenvalue weighted by Gasteiger charge is 2.32. The Kier molecular flexibility index (Phi) is 6.00. The minimum absolute atomic E-state index is 0.0844. The van der Waals surface area contributed by atoms with E-state index in [1.54, 1.807) is 30.3 Å². The zero-order chi connectivity index (χ0) is 21.8. The Morgan fingerprint density at radius 1 is 0.903 bits per heavy atom. The minimum atomic E-state index is -1.56. The van der Waals surface area contributed by atoms with E-state index in [2.05, 4.69) is 22.2 Å². The standard InChI is InChI=1S/C25H23NO5/c1-30-24(28)23(27)22(16-9-3-2-4-10-16)26-25(29)31-15-21-19-13-7-5-11-17(19)18-12-6-8-14-20(18)21/h2-14,21-23,27H,15H2,1H3,(H,26,29)/t22-,23+/m1/s1. The predicted octanol–water partition coefficient (Wildman–Crippen LogP) is 3.80. The molecule has 31 heavy (non-hydrogen) atoms. The van der Waals surface area contributed by atoms with Crippen LogP contribution in [-0.2, 0) is 14.3 Å². The highest BCUT2D eigenvalue weighted by atomic mass is 16.6. The van der Waals surface area contributed by atoms with E-state index in [1.807, 2.05) is 36.4 Å². The number of fused-ring (bicyclic) bond motifs is 3. The molecule has 0 heterocycles. The van der Waals surface area contributed by atoms with Crippen LogP contribution >= 0.6 is 0 Å². The van der Waals surface area contributed by atoms with Crippen LogP contribution in [0.3, 0.4) is 0 Å². The number of aliphatic hydroxyl groups is 1. The Morgan fingerprint density at radius 2 is 1.45 bits per heavy atom. The molecule has 0 spiro atoms. The fourth-order valence-electron chi connectivity index (χ4n) is 4.03. The third kappa shape index (κ3) is 4.15. The molecule has 0 saturated heterocycles. The maximum Gasteiger partial charge on any atom is 0.407 e. The number of hydrogen-bond donors (Lipinski definition) is 2. The molecule has 0 fully saturated rings. The molecular formula is C25H23NO5. The zero-order valence-corrected chi connectivity index (χ0v) is 17.0. The minimum Gasteiger partial charge on any atom is -0.467 e. The third-order valence-corrected chi connectivity index (χ3v) is 5.53. The summed E-state index contributed by atoms with van der Waals surface area (Å²) >= 11 is 0. The number of esters is 1. The second-order valence-electron chi connectivity index (χ2n) is 7.33. The summed E-state index contributed by atoms with van der Waals surface area (Å²) in [5, 5.41) is 13.0. The van der Waals surface area contributed by atoms with Gasteiger partial charge in [-0.3, -0.25) is 0 Å². The first-order valence-corrected chi connectivity index (χ1v) is 10.0. The van der Waals surface area contributed by atoms with Crippen molar-refractivity contribution in [2.24, 2.45) is 0 Å². The van der Waals surface area contributed by atoms with E-state index < -0.39 is 24.2 Å². The van der Waals surface area contributed by atoms with Crippen LogP contribution in [0.25, 0.3) is 11.1 Å². The van der Waals surface area contributed by atoms with E-state index in [0.29, 0.717) is 5.56 Å². The monoisotopic (exact) mass is 417 g/mol. The summed E-state index contributed by atoms with van der Waals surface area (Å²) in [7, 11) is 1.18. The van der Waals surface area contributed by atoms with Gasteiger partial charge in [0.05, 0.1) is 13.2 Å². The molecule has 4 rings (SSSR count). The molecule has 0 aromatic heterocycles. The summed E-state index contributed by atoms with van der Waals surface area (Å²) in [5.41, 5.74) is 5.04. The zero-order valence-electron chi connectivity index (χ0n) is 17.0. The summed E-state index contributed by atoms with van der Waals surface area (Å²) < 4.78 is 10.2. The maximum atomic E-state index is 12.6. The molecule has 6 heteroatoms. The number of carbonyl (C=O) groups is 2. The average molecular weight is 417 g/mol. The third-order valence-electron chi connectivity index (χ3n) is 5.53. The first kappa shape index (κ1) is 20.6. The summed E-state index contributed by atoms with van der Waals surface area (Å²) in [6.07, 6.45) is -2.29. The first-order chi connectivity index (χ1) is 15.1. The Hall–Kier alpha value is -3.64. The summed E-state index contributed by atoms with van der Waals surface area (Å²) in [5.74, 6) is -0.924. The molecule has 3 aromatic rings. The van der Waals surface area contributed by atoms with Gasteiger partial charge in [-0.15, -0.1) is 0 Å². The number of aliphatic hydroxyl groups excluding tert-OH is 1. The quantitative estimate of drug-likeness (QED) is 0.596. The maximum absolute atomic E-state index is 12.6. The summed E-state index contributed by atoms with van der Waals surface area (Å²) in [4.78, 5) is 24.5. The first-order valence-electron chi connectivity index (χ1n) is 10.0. The van der Waals surface area contributed by atoms with Crippen molar-refractivity contribution in [2.45, 2.75) is 18.1 Å².